The van der Waals surface area contributed by atoms with E-state index in [9.17, 15) is 0 Å². The molecule has 4 rings (SSSR count). The third-order valence-corrected chi connectivity index (χ3v) is 3.99. The molecule has 0 aliphatic rings. The molecule has 4 aromatic heterocycles. The maximum absolute atomic E-state index is 5.24. The first-order valence-corrected chi connectivity index (χ1v) is 7.41. The van der Waals surface area contributed by atoms with Crippen molar-refractivity contribution in [3.63, 3.8) is 0 Å². The van der Waals surface area contributed by atoms with Crippen molar-refractivity contribution in [2.45, 2.75) is 6.54 Å². The number of nitrogens with zero attached hydrogens (tertiary/aromatic N) is 6. The fraction of sp³-hybridized carbons (Fsp3) is 0.154. The second-order valence-electron chi connectivity index (χ2n) is 4.63. The van der Waals surface area contributed by atoms with Gasteiger partial charge in [0.1, 0.15) is 12.1 Å². The van der Waals surface area contributed by atoms with Crippen LogP contribution in [0.2, 0.25) is 0 Å². The van der Waals surface area contributed by atoms with E-state index in [0.717, 1.165) is 21.6 Å². The molecule has 0 radical (unpaired) electrons. The van der Waals surface area contributed by atoms with Crippen LogP contribution < -0.4 is 5.32 Å². The number of thiophene rings is 1. The normalized spacial score (nSPS) is 11.1. The molecule has 0 aliphatic carbocycles. The highest BCUT2D eigenvalue weighted by Gasteiger charge is 2.11. The maximum atomic E-state index is 5.24. The monoisotopic (exact) mass is 313 g/mol. The minimum atomic E-state index is 0.400. The molecule has 4 aromatic rings. The summed E-state index contributed by atoms with van der Waals surface area (Å²) in [5.74, 6) is 1.78. The summed E-state index contributed by atoms with van der Waals surface area (Å²) in [5.41, 5.74) is 1.74. The van der Waals surface area contributed by atoms with Crippen LogP contribution in [0.15, 0.2) is 34.7 Å². The zero-order chi connectivity index (χ0) is 14.9. The molecule has 22 heavy (non-hydrogen) atoms. The number of fused-ring (bicyclic) bond motifs is 1. The fourth-order valence-electron chi connectivity index (χ4n) is 2.05. The highest BCUT2D eigenvalue weighted by atomic mass is 32.1. The SMILES string of the molecule is Cn1cc(-c2noc(CNc3ncnc4ccsc34)n2)cn1. The van der Waals surface area contributed by atoms with Crippen LogP contribution in [0.1, 0.15) is 5.89 Å². The van der Waals surface area contributed by atoms with Gasteiger partial charge in [0.2, 0.25) is 11.7 Å². The number of anilines is 1. The first-order valence-electron chi connectivity index (χ1n) is 6.53. The maximum Gasteiger partial charge on any atom is 0.246 e. The van der Waals surface area contributed by atoms with Crippen LogP contribution in [0, 0.1) is 0 Å². The van der Waals surface area contributed by atoms with Gasteiger partial charge in [-0.1, -0.05) is 5.16 Å². The van der Waals surface area contributed by atoms with Crippen molar-refractivity contribution < 1.29 is 4.52 Å². The van der Waals surface area contributed by atoms with Crippen LogP contribution in [-0.4, -0.2) is 29.9 Å². The van der Waals surface area contributed by atoms with E-state index in [1.165, 1.54) is 6.33 Å². The molecule has 0 saturated heterocycles. The Morgan fingerprint density at radius 3 is 3.18 bits per heavy atom. The number of hydrogen-bond donors (Lipinski definition) is 1. The van der Waals surface area contributed by atoms with E-state index in [1.807, 2.05) is 24.7 Å². The molecule has 4 heterocycles. The minimum Gasteiger partial charge on any atom is -0.360 e. The Hall–Kier alpha value is -2.81. The van der Waals surface area contributed by atoms with Gasteiger partial charge in [0.15, 0.2) is 0 Å². The zero-order valence-corrected chi connectivity index (χ0v) is 12.4. The topological polar surface area (TPSA) is 94.6 Å². The van der Waals surface area contributed by atoms with Gasteiger partial charge in [0, 0.05) is 13.2 Å². The van der Waals surface area contributed by atoms with Crippen LogP contribution in [0.3, 0.4) is 0 Å². The Morgan fingerprint density at radius 1 is 1.36 bits per heavy atom. The molecule has 0 fully saturated rings. The number of aryl methyl sites for hydroxylation is 1. The summed E-state index contributed by atoms with van der Waals surface area (Å²) in [6, 6.07) is 1.96. The number of aromatic nitrogens is 6. The van der Waals surface area contributed by atoms with Gasteiger partial charge in [-0.25, -0.2) is 9.97 Å². The molecule has 110 valence electrons. The van der Waals surface area contributed by atoms with Crippen LogP contribution in [0.5, 0.6) is 0 Å². The largest absolute Gasteiger partial charge is 0.360 e. The Balaban J connectivity index is 1.52. The molecule has 0 atom stereocenters. The van der Waals surface area contributed by atoms with Gasteiger partial charge in [-0.2, -0.15) is 10.1 Å². The molecule has 8 nitrogen and oxygen atoms in total. The molecular formula is C13H11N7OS. The lowest BCUT2D eigenvalue weighted by Gasteiger charge is -2.02. The van der Waals surface area contributed by atoms with Crippen LogP contribution in [-0.2, 0) is 13.6 Å². The predicted molar refractivity (Wildman–Crippen MR) is 81.2 cm³/mol. The van der Waals surface area contributed by atoms with Crippen molar-refractivity contribution in [3.05, 3.63) is 36.1 Å². The van der Waals surface area contributed by atoms with Gasteiger partial charge in [0.05, 0.1) is 28.5 Å². The van der Waals surface area contributed by atoms with Crippen molar-refractivity contribution in [2.75, 3.05) is 5.32 Å². The van der Waals surface area contributed by atoms with Gasteiger partial charge in [0.25, 0.3) is 0 Å². The molecule has 0 spiro atoms. The lowest BCUT2D eigenvalue weighted by Crippen LogP contribution is -2.02. The van der Waals surface area contributed by atoms with E-state index in [1.54, 1.807) is 22.2 Å². The number of hydrogen-bond acceptors (Lipinski definition) is 8. The van der Waals surface area contributed by atoms with Crippen LogP contribution >= 0.6 is 11.3 Å². The van der Waals surface area contributed by atoms with Crippen molar-refractivity contribution in [2.24, 2.45) is 7.05 Å². The molecule has 0 bridgehead atoms. The highest BCUT2D eigenvalue weighted by molar-refractivity contribution is 7.17. The molecular weight excluding hydrogens is 302 g/mol. The fourth-order valence-corrected chi connectivity index (χ4v) is 2.87. The second kappa shape index (κ2) is 5.19. The number of rotatable bonds is 4. The lowest BCUT2D eigenvalue weighted by atomic mass is 10.3. The smallest absolute Gasteiger partial charge is 0.246 e. The average molecular weight is 313 g/mol. The van der Waals surface area contributed by atoms with E-state index < -0.39 is 0 Å². The summed E-state index contributed by atoms with van der Waals surface area (Å²) in [6.07, 6.45) is 5.07. The second-order valence-corrected chi connectivity index (χ2v) is 5.54. The average Bonchev–Trinajstić information content (AvgIpc) is 3.24. The molecule has 0 unspecified atom stereocenters. The molecule has 1 N–H and O–H groups in total. The third kappa shape index (κ3) is 2.31. The van der Waals surface area contributed by atoms with Gasteiger partial charge < -0.3 is 9.84 Å². The van der Waals surface area contributed by atoms with Crippen molar-refractivity contribution in [1.82, 2.24) is 29.9 Å². The van der Waals surface area contributed by atoms with Crippen molar-refractivity contribution in [1.29, 1.82) is 0 Å². The summed E-state index contributed by atoms with van der Waals surface area (Å²) >= 11 is 1.59. The summed E-state index contributed by atoms with van der Waals surface area (Å²) in [7, 11) is 1.84. The van der Waals surface area contributed by atoms with E-state index in [2.05, 4.69) is 30.5 Å². The summed E-state index contributed by atoms with van der Waals surface area (Å²) in [4.78, 5) is 12.8. The summed E-state index contributed by atoms with van der Waals surface area (Å²) in [5, 5.41) is 13.2. The van der Waals surface area contributed by atoms with Gasteiger partial charge in [-0.3, -0.25) is 4.68 Å². The van der Waals surface area contributed by atoms with Gasteiger partial charge >= 0.3 is 0 Å². The Labute approximate surface area is 128 Å². The van der Waals surface area contributed by atoms with E-state index in [-0.39, 0.29) is 0 Å². The molecule has 9 heteroatoms. The quantitative estimate of drug-likeness (QED) is 0.616. The van der Waals surface area contributed by atoms with Gasteiger partial charge in [-0.05, 0) is 11.4 Å². The first-order chi connectivity index (χ1) is 10.8. The van der Waals surface area contributed by atoms with Crippen LogP contribution in [0.25, 0.3) is 21.6 Å². The zero-order valence-electron chi connectivity index (χ0n) is 11.6. The standard InChI is InChI=1S/C13H11N7OS/c1-20-6-8(4-17-20)12-18-10(21-19-12)5-14-13-11-9(2-3-22-11)15-7-16-13/h2-4,6-7H,5H2,1H3,(H,14,15,16). The summed E-state index contributed by atoms with van der Waals surface area (Å²) < 4.78 is 7.94. The van der Waals surface area contributed by atoms with E-state index in [0.29, 0.717) is 18.3 Å². The predicted octanol–water partition coefficient (Wildman–Crippen LogP) is 2.09. The van der Waals surface area contributed by atoms with Gasteiger partial charge in [-0.15, -0.1) is 11.3 Å². The molecule has 0 aromatic carbocycles. The third-order valence-electron chi connectivity index (χ3n) is 3.08. The Bertz CT molecular complexity index is 925. The summed E-state index contributed by atoms with van der Waals surface area (Å²) in [6.45, 7) is 0.400. The van der Waals surface area contributed by atoms with Crippen LogP contribution in [0.4, 0.5) is 5.82 Å². The van der Waals surface area contributed by atoms with E-state index in [4.69, 9.17) is 4.52 Å². The Kier molecular flexibility index (Phi) is 3.04. The highest BCUT2D eigenvalue weighted by Crippen LogP contribution is 2.25. The minimum absolute atomic E-state index is 0.400. The molecule has 0 aliphatic heterocycles. The first kappa shape index (κ1) is 12.9. The van der Waals surface area contributed by atoms with Crippen molar-refractivity contribution in [3.8, 4) is 11.4 Å². The molecule has 0 amide bonds. The Morgan fingerprint density at radius 2 is 2.32 bits per heavy atom. The van der Waals surface area contributed by atoms with E-state index >= 15 is 0 Å². The van der Waals surface area contributed by atoms with Crippen molar-refractivity contribution >= 4 is 27.4 Å². The molecule has 0 saturated carbocycles. The number of nitrogens with one attached hydrogen (secondary N) is 1. The lowest BCUT2D eigenvalue weighted by molar-refractivity contribution is 0.384.